The summed E-state index contributed by atoms with van der Waals surface area (Å²) in [5.41, 5.74) is 18.5. The first-order valence-corrected chi connectivity index (χ1v) is 10.5. The average Bonchev–Trinajstić information content (AvgIpc) is 2.80. The standard InChI is InChI=1S/C27H38/c1-14-15(2)19(6)23(20(7)16(14)3)27(12)13-26(10,11)24-21(8)17(4)18(5)22(9)25(24)27/h13H2,1-12H3. The summed E-state index contributed by atoms with van der Waals surface area (Å²) in [6, 6.07) is 0. The van der Waals surface area contributed by atoms with E-state index in [0.29, 0.717) is 0 Å². The lowest BCUT2D eigenvalue weighted by molar-refractivity contribution is 0.421. The lowest BCUT2D eigenvalue weighted by Gasteiger charge is -2.35. The molecule has 1 aliphatic carbocycles. The number of benzene rings is 2. The molecule has 3 rings (SSSR count). The second-order valence-corrected chi connectivity index (χ2v) is 10.1. The molecule has 0 N–H and O–H groups in total. The first-order chi connectivity index (χ1) is 12.3. The Bertz CT molecular complexity index is 940. The maximum atomic E-state index is 2.52. The van der Waals surface area contributed by atoms with E-state index in [1.807, 2.05) is 0 Å². The quantitative estimate of drug-likeness (QED) is 0.494. The van der Waals surface area contributed by atoms with Crippen LogP contribution in [0.2, 0.25) is 0 Å². The lowest BCUT2D eigenvalue weighted by Crippen LogP contribution is -2.27. The highest BCUT2D eigenvalue weighted by molar-refractivity contribution is 5.65. The molecule has 1 atom stereocenters. The van der Waals surface area contributed by atoms with Gasteiger partial charge in [0.1, 0.15) is 0 Å². The van der Waals surface area contributed by atoms with Crippen molar-refractivity contribution in [2.45, 2.75) is 100 Å². The normalized spacial score (nSPS) is 20.9. The second-order valence-electron chi connectivity index (χ2n) is 10.1. The van der Waals surface area contributed by atoms with E-state index in [1.54, 1.807) is 16.7 Å². The van der Waals surface area contributed by atoms with E-state index in [4.69, 9.17) is 0 Å². The first kappa shape index (κ1) is 20.2. The number of fused-ring (bicyclic) bond motifs is 1. The average molecular weight is 363 g/mol. The molecule has 0 heteroatoms. The zero-order valence-electron chi connectivity index (χ0n) is 19.7. The van der Waals surface area contributed by atoms with Gasteiger partial charge in [-0.25, -0.2) is 0 Å². The van der Waals surface area contributed by atoms with Crippen molar-refractivity contribution in [3.63, 3.8) is 0 Å². The van der Waals surface area contributed by atoms with Gasteiger partial charge in [0.15, 0.2) is 0 Å². The Balaban J connectivity index is 2.51. The van der Waals surface area contributed by atoms with Crippen LogP contribution < -0.4 is 0 Å². The fourth-order valence-corrected chi connectivity index (χ4v) is 6.45. The number of rotatable bonds is 1. The summed E-state index contributed by atoms with van der Waals surface area (Å²) < 4.78 is 0. The van der Waals surface area contributed by atoms with Crippen molar-refractivity contribution in [2.75, 3.05) is 0 Å². The Hall–Kier alpha value is -1.56. The van der Waals surface area contributed by atoms with Gasteiger partial charge < -0.3 is 0 Å². The molecule has 0 aliphatic heterocycles. The molecule has 0 aromatic heterocycles. The molecule has 2 aromatic carbocycles. The molecule has 0 saturated carbocycles. The van der Waals surface area contributed by atoms with Gasteiger partial charge in [0.05, 0.1) is 0 Å². The van der Waals surface area contributed by atoms with Gasteiger partial charge in [-0.2, -0.15) is 0 Å². The van der Waals surface area contributed by atoms with Gasteiger partial charge in [0, 0.05) is 5.41 Å². The lowest BCUT2D eigenvalue weighted by atomic mass is 9.68. The minimum absolute atomic E-state index is 0.0729. The number of hydrogen-bond acceptors (Lipinski definition) is 0. The zero-order chi connectivity index (χ0) is 20.6. The highest BCUT2D eigenvalue weighted by Crippen LogP contribution is 2.57. The molecular weight excluding hydrogens is 324 g/mol. The monoisotopic (exact) mass is 362 g/mol. The van der Waals surface area contributed by atoms with Gasteiger partial charge in [-0.15, -0.1) is 0 Å². The third kappa shape index (κ3) is 2.48. The van der Waals surface area contributed by atoms with Gasteiger partial charge >= 0.3 is 0 Å². The Morgan fingerprint density at radius 1 is 0.407 bits per heavy atom. The number of hydrogen-bond donors (Lipinski definition) is 0. The molecule has 27 heavy (non-hydrogen) atoms. The second kappa shape index (κ2) is 5.97. The summed E-state index contributed by atoms with van der Waals surface area (Å²) in [4.78, 5) is 0. The molecule has 0 fully saturated rings. The van der Waals surface area contributed by atoms with Crippen molar-refractivity contribution in [3.05, 3.63) is 66.8 Å². The molecule has 0 heterocycles. The molecule has 146 valence electrons. The van der Waals surface area contributed by atoms with Gasteiger partial charge in [-0.1, -0.05) is 20.8 Å². The smallest absolute Gasteiger partial charge is 0.0194 e. The van der Waals surface area contributed by atoms with Crippen molar-refractivity contribution in [1.82, 2.24) is 0 Å². The molecule has 0 amide bonds. The highest BCUT2D eigenvalue weighted by Gasteiger charge is 2.49. The van der Waals surface area contributed by atoms with E-state index in [-0.39, 0.29) is 10.8 Å². The van der Waals surface area contributed by atoms with Gasteiger partial charge in [-0.3, -0.25) is 0 Å². The molecule has 2 aromatic rings. The Morgan fingerprint density at radius 2 is 0.704 bits per heavy atom. The highest BCUT2D eigenvalue weighted by atomic mass is 14.5. The molecule has 0 bridgehead atoms. The summed E-state index contributed by atoms with van der Waals surface area (Å²) in [7, 11) is 0. The van der Waals surface area contributed by atoms with Crippen molar-refractivity contribution in [2.24, 2.45) is 0 Å². The fraction of sp³-hybridized carbons (Fsp3) is 0.556. The molecule has 0 spiro atoms. The van der Waals surface area contributed by atoms with Crippen molar-refractivity contribution in [3.8, 4) is 0 Å². The van der Waals surface area contributed by atoms with Crippen LogP contribution in [0, 0.1) is 62.3 Å². The summed E-state index contributed by atoms with van der Waals surface area (Å²) in [6.07, 6.45) is 1.18. The maximum Gasteiger partial charge on any atom is 0.0194 e. The molecular formula is C27H38. The van der Waals surface area contributed by atoms with E-state index in [1.165, 1.54) is 56.5 Å². The van der Waals surface area contributed by atoms with E-state index in [9.17, 15) is 0 Å². The first-order valence-electron chi connectivity index (χ1n) is 10.5. The van der Waals surface area contributed by atoms with Crippen LogP contribution in [0.3, 0.4) is 0 Å². The largest absolute Gasteiger partial charge is 0.0557 e. The van der Waals surface area contributed by atoms with Gasteiger partial charge in [0.2, 0.25) is 0 Å². The zero-order valence-corrected chi connectivity index (χ0v) is 19.7. The fourth-order valence-electron chi connectivity index (χ4n) is 6.45. The molecule has 1 aliphatic rings. The van der Waals surface area contributed by atoms with Crippen molar-refractivity contribution in [1.29, 1.82) is 0 Å². The molecule has 0 saturated heterocycles. The minimum atomic E-state index is 0.0729. The van der Waals surface area contributed by atoms with E-state index < -0.39 is 0 Å². The molecule has 0 radical (unpaired) electrons. The molecule has 1 unspecified atom stereocenters. The third-order valence-electron chi connectivity index (χ3n) is 8.26. The van der Waals surface area contributed by atoms with E-state index in [2.05, 4.69) is 83.1 Å². The van der Waals surface area contributed by atoms with Crippen LogP contribution >= 0.6 is 0 Å². The minimum Gasteiger partial charge on any atom is -0.0557 e. The van der Waals surface area contributed by atoms with Crippen LogP contribution in [-0.4, -0.2) is 0 Å². The summed E-state index contributed by atoms with van der Waals surface area (Å²) in [6.45, 7) is 28.4. The summed E-state index contributed by atoms with van der Waals surface area (Å²) >= 11 is 0. The summed E-state index contributed by atoms with van der Waals surface area (Å²) in [5, 5.41) is 0. The predicted molar refractivity (Wildman–Crippen MR) is 120 cm³/mol. The Labute approximate surface area is 167 Å². The van der Waals surface area contributed by atoms with E-state index >= 15 is 0 Å². The van der Waals surface area contributed by atoms with Crippen molar-refractivity contribution >= 4 is 0 Å². The molecule has 0 nitrogen and oxygen atoms in total. The topological polar surface area (TPSA) is 0 Å². The van der Waals surface area contributed by atoms with Crippen LogP contribution in [0.25, 0.3) is 0 Å². The SMILES string of the molecule is Cc1c(C)c(C)c(C2(C)CC(C)(C)c3c(C)c(C)c(C)c(C)c32)c(C)c1C. The van der Waals surface area contributed by atoms with Crippen LogP contribution in [0.15, 0.2) is 0 Å². The maximum absolute atomic E-state index is 2.52. The predicted octanol–water partition coefficient (Wildman–Crippen LogP) is 7.45. The van der Waals surface area contributed by atoms with Crippen LogP contribution in [0.4, 0.5) is 0 Å². The van der Waals surface area contributed by atoms with Gasteiger partial charge in [-0.05, 0) is 141 Å². The Morgan fingerprint density at radius 3 is 1.11 bits per heavy atom. The van der Waals surface area contributed by atoms with Crippen LogP contribution in [0.5, 0.6) is 0 Å². The Kier molecular flexibility index (Phi) is 4.46. The summed E-state index contributed by atoms with van der Waals surface area (Å²) in [5.74, 6) is 0. The van der Waals surface area contributed by atoms with Crippen LogP contribution in [-0.2, 0) is 10.8 Å². The van der Waals surface area contributed by atoms with E-state index in [0.717, 1.165) is 0 Å². The van der Waals surface area contributed by atoms with Gasteiger partial charge in [0.25, 0.3) is 0 Å². The third-order valence-corrected chi connectivity index (χ3v) is 8.26. The van der Waals surface area contributed by atoms with Crippen molar-refractivity contribution < 1.29 is 0 Å². The van der Waals surface area contributed by atoms with Crippen LogP contribution in [0.1, 0.15) is 94.0 Å².